The van der Waals surface area contributed by atoms with Crippen molar-refractivity contribution in [3.8, 4) is 0 Å². The van der Waals surface area contributed by atoms with Gasteiger partial charge in [-0.1, -0.05) is 30.3 Å². The van der Waals surface area contributed by atoms with Gasteiger partial charge in [-0.2, -0.15) is 5.10 Å². The first kappa shape index (κ1) is 19.4. The van der Waals surface area contributed by atoms with Crippen molar-refractivity contribution in [1.29, 1.82) is 0 Å². The fourth-order valence-corrected chi connectivity index (χ4v) is 2.20. The molecular weight excluding hydrogens is 405 g/mol. The summed E-state index contributed by atoms with van der Waals surface area (Å²) >= 11 is 0. The van der Waals surface area contributed by atoms with Crippen molar-refractivity contribution in [3.05, 3.63) is 53.9 Å². The lowest BCUT2D eigenvalue weighted by Crippen LogP contribution is -2.39. The number of hydrogen-bond donors (Lipinski definition) is 3. The van der Waals surface area contributed by atoms with Crippen LogP contribution < -0.4 is 10.6 Å². The Kier molecular flexibility index (Phi) is 8.64. The number of guanidine groups is 1. The number of nitrogens with zero attached hydrogens (tertiary/aromatic N) is 3. The molecule has 1 atom stereocenters. The van der Waals surface area contributed by atoms with Crippen LogP contribution in [0.5, 0.6) is 0 Å². The molecule has 23 heavy (non-hydrogen) atoms. The molecule has 1 aromatic carbocycles. The van der Waals surface area contributed by atoms with E-state index in [9.17, 15) is 5.11 Å². The second-order valence-corrected chi connectivity index (χ2v) is 5.04. The molecule has 0 aliphatic carbocycles. The van der Waals surface area contributed by atoms with Crippen molar-refractivity contribution in [2.24, 2.45) is 12.0 Å². The van der Waals surface area contributed by atoms with Gasteiger partial charge < -0.3 is 15.7 Å². The number of hydrogen-bond acceptors (Lipinski definition) is 3. The highest BCUT2D eigenvalue weighted by Crippen LogP contribution is 2.13. The Bertz CT molecular complexity index is 600. The van der Waals surface area contributed by atoms with Gasteiger partial charge in [-0.25, -0.2) is 0 Å². The van der Waals surface area contributed by atoms with Gasteiger partial charge >= 0.3 is 0 Å². The summed E-state index contributed by atoms with van der Waals surface area (Å²) in [5, 5.41) is 20.2. The fourth-order valence-electron chi connectivity index (χ4n) is 2.20. The van der Waals surface area contributed by atoms with Gasteiger partial charge in [0.15, 0.2) is 5.96 Å². The van der Waals surface area contributed by atoms with Crippen LogP contribution in [-0.4, -0.2) is 41.0 Å². The van der Waals surface area contributed by atoms with Crippen LogP contribution in [0, 0.1) is 0 Å². The molecule has 1 unspecified atom stereocenters. The molecule has 0 radical (unpaired) electrons. The molecule has 0 saturated carbocycles. The lowest BCUT2D eigenvalue weighted by atomic mass is 10.0. The maximum absolute atomic E-state index is 9.57. The first-order chi connectivity index (χ1) is 10.7. The smallest absolute Gasteiger partial charge is 0.191 e. The third kappa shape index (κ3) is 5.83. The van der Waals surface area contributed by atoms with Crippen molar-refractivity contribution in [3.63, 3.8) is 0 Å². The fraction of sp³-hybridized carbons (Fsp3) is 0.375. The van der Waals surface area contributed by atoms with Crippen molar-refractivity contribution in [2.75, 3.05) is 20.2 Å². The van der Waals surface area contributed by atoms with Crippen LogP contribution in [0.3, 0.4) is 0 Å². The third-order valence-corrected chi connectivity index (χ3v) is 3.59. The Balaban J connectivity index is 0.00000264. The van der Waals surface area contributed by atoms with E-state index in [0.717, 1.165) is 11.3 Å². The van der Waals surface area contributed by atoms with Crippen molar-refractivity contribution >= 4 is 29.9 Å². The predicted octanol–water partition coefficient (Wildman–Crippen LogP) is 1.48. The van der Waals surface area contributed by atoms with Crippen LogP contribution in [-0.2, 0) is 13.6 Å². The van der Waals surface area contributed by atoms with E-state index in [-0.39, 0.29) is 36.5 Å². The van der Waals surface area contributed by atoms with E-state index in [2.05, 4.69) is 20.7 Å². The summed E-state index contributed by atoms with van der Waals surface area (Å²) in [6.45, 7) is 1.35. The van der Waals surface area contributed by atoms with Gasteiger partial charge in [0.05, 0.1) is 18.8 Å². The van der Waals surface area contributed by atoms with Crippen molar-refractivity contribution in [1.82, 2.24) is 20.4 Å². The zero-order valence-corrected chi connectivity index (χ0v) is 15.8. The van der Waals surface area contributed by atoms with Gasteiger partial charge in [-0.15, -0.1) is 24.0 Å². The van der Waals surface area contributed by atoms with Gasteiger partial charge in [0, 0.05) is 32.8 Å². The van der Waals surface area contributed by atoms with E-state index in [4.69, 9.17) is 0 Å². The number of aryl methyl sites for hydroxylation is 1. The Morgan fingerprint density at radius 3 is 2.57 bits per heavy atom. The van der Waals surface area contributed by atoms with Crippen LogP contribution in [0.4, 0.5) is 0 Å². The average molecular weight is 429 g/mol. The molecule has 126 valence electrons. The summed E-state index contributed by atoms with van der Waals surface area (Å²) in [5.41, 5.74) is 2.18. The molecule has 0 spiro atoms. The SMILES string of the molecule is CN=C(NCc1ccnn1C)NCC(CO)c1ccccc1.I. The minimum absolute atomic E-state index is 0. The Labute approximate surface area is 154 Å². The molecule has 0 aliphatic rings. The maximum atomic E-state index is 9.57. The van der Waals surface area contributed by atoms with Crippen LogP contribution in [0.25, 0.3) is 0 Å². The molecule has 0 bridgehead atoms. The molecule has 3 N–H and O–H groups in total. The van der Waals surface area contributed by atoms with Gasteiger partial charge in [-0.05, 0) is 11.6 Å². The Hall–Kier alpha value is -1.61. The number of benzene rings is 1. The van der Waals surface area contributed by atoms with Gasteiger partial charge in [0.25, 0.3) is 0 Å². The van der Waals surface area contributed by atoms with E-state index >= 15 is 0 Å². The number of rotatable bonds is 6. The van der Waals surface area contributed by atoms with E-state index in [1.54, 1.807) is 13.2 Å². The average Bonchev–Trinajstić information content (AvgIpc) is 2.97. The van der Waals surface area contributed by atoms with Crippen molar-refractivity contribution in [2.45, 2.75) is 12.5 Å². The largest absolute Gasteiger partial charge is 0.396 e. The molecule has 0 saturated heterocycles. The number of halogens is 1. The zero-order valence-electron chi connectivity index (χ0n) is 13.4. The summed E-state index contributed by atoms with van der Waals surface area (Å²) in [6.07, 6.45) is 1.77. The summed E-state index contributed by atoms with van der Waals surface area (Å²) in [7, 11) is 3.64. The minimum atomic E-state index is 0. The molecule has 1 aromatic heterocycles. The lowest BCUT2D eigenvalue weighted by Gasteiger charge is -2.18. The minimum Gasteiger partial charge on any atom is -0.396 e. The normalized spacial score (nSPS) is 12.4. The van der Waals surface area contributed by atoms with E-state index in [0.29, 0.717) is 19.0 Å². The topological polar surface area (TPSA) is 74.5 Å². The lowest BCUT2D eigenvalue weighted by molar-refractivity contribution is 0.265. The zero-order chi connectivity index (χ0) is 15.8. The van der Waals surface area contributed by atoms with Gasteiger partial charge in [0.1, 0.15) is 0 Å². The van der Waals surface area contributed by atoms with Crippen LogP contribution in [0.1, 0.15) is 17.2 Å². The van der Waals surface area contributed by atoms with Crippen LogP contribution in [0.15, 0.2) is 47.6 Å². The standard InChI is InChI=1S/C16H23N5O.HI/c1-17-16(19-11-15-8-9-20-21(15)2)18-10-14(12-22)13-6-4-3-5-7-13;/h3-9,14,22H,10-12H2,1-2H3,(H2,17,18,19);1H. The van der Waals surface area contributed by atoms with Crippen molar-refractivity contribution < 1.29 is 5.11 Å². The van der Waals surface area contributed by atoms with E-state index in [1.807, 2.05) is 48.1 Å². The Morgan fingerprint density at radius 1 is 1.26 bits per heavy atom. The summed E-state index contributed by atoms with van der Waals surface area (Å²) in [6, 6.07) is 11.9. The highest BCUT2D eigenvalue weighted by atomic mass is 127. The molecule has 1 heterocycles. The third-order valence-electron chi connectivity index (χ3n) is 3.59. The van der Waals surface area contributed by atoms with Gasteiger partial charge in [-0.3, -0.25) is 9.67 Å². The van der Waals surface area contributed by atoms with E-state index in [1.165, 1.54) is 0 Å². The number of aliphatic hydroxyl groups is 1. The molecule has 0 aliphatic heterocycles. The molecule has 7 heteroatoms. The highest BCUT2D eigenvalue weighted by Gasteiger charge is 2.11. The number of aliphatic hydroxyl groups excluding tert-OH is 1. The molecular formula is C16H24IN5O. The first-order valence-corrected chi connectivity index (χ1v) is 7.31. The molecule has 2 aromatic rings. The van der Waals surface area contributed by atoms with Gasteiger partial charge in [0.2, 0.25) is 0 Å². The second-order valence-electron chi connectivity index (χ2n) is 5.04. The highest BCUT2D eigenvalue weighted by molar-refractivity contribution is 14.0. The summed E-state index contributed by atoms with van der Waals surface area (Å²) in [5.74, 6) is 0.743. The molecule has 0 fully saturated rings. The monoisotopic (exact) mass is 429 g/mol. The summed E-state index contributed by atoms with van der Waals surface area (Å²) < 4.78 is 1.82. The molecule has 0 amide bonds. The maximum Gasteiger partial charge on any atom is 0.191 e. The molecule has 2 rings (SSSR count). The quantitative estimate of drug-likeness (QED) is 0.370. The molecule has 6 nitrogen and oxygen atoms in total. The predicted molar refractivity (Wildman–Crippen MR) is 103 cm³/mol. The number of aliphatic imine (C=N–C) groups is 1. The number of nitrogens with one attached hydrogen (secondary N) is 2. The first-order valence-electron chi connectivity index (χ1n) is 7.31. The Morgan fingerprint density at radius 2 is 2.00 bits per heavy atom. The van der Waals surface area contributed by atoms with E-state index < -0.39 is 0 Å². The summed E-state index contributed by atoms with van der Waals surface area (Å²) in [4.78, 5) is 4.20. The van der Waals surface area contributed by atoms with Crippen LogP contribution >= 0.6 is 24.0 Å². The second kappa shape index (κ2) is 10.2. The van der Waals surface area contributed by atoms with Crippen LogP contribution in [0.2, 0.25) is 0 Å². The number of aromatic nitrogens is 2.